The predicted molar refractivity (Wildman–Crippen MR) is 92.7 cm³/mol. The average Bonchev–Trinajstić information content (AvgIpc) is 2.95. The van der Waals surface area contributed by atoms with Gasteiger partial charge in [-0.1, -0.05) is 0 Å². The number of hydrogen-bond donors (Lipinski definition) is 1. The summed E-state index contributed by atoms with van der Waals surface area (Å²) < 4.78 is 20.1. The van der Waals surface area contributed by atoms with Crippen LogP contribution in [0.4, 0.5) is 4.39 Å². The van der Waals surface area contributed by atoms with E-state index >= 15 is 0 Å². The highest BCUT2D eigenvalue weighted by Crippen LogP contribution is 2.42. The molecule has 0 aromatic carbocycles. The maximum Gasteiger partial charge on any atom is 0.130 e. The van der Waals surface area contributed by atoms with Crippen LogP contribution >= 0.6 is 0 Å². The van der Waals surface area contributed by atoms with Gasteiger partial charge in [-0.3, -0.25) is 14.7 Å². The van der Waals surface area contributed by atoms with E-state index in [-0.39, 0.29) is 30.2 Å². The van der Waals surface area contributed by atoms with Crippen LogP contribution in [0.2, 0.25) is 0 Å². The zero-order chi connectivity index (χ0) is 17.8. The van der Waals surface area contributed by atoms with Crippen molar-refractivity contribution in [3.8, 4) is 0 Å². The Morgan fingerprint density at radius 3 is 2.04 bits per heavy atom. The number of nitrogens with zero attached hydrogens (tertiary/aromatic N) is 3. The van der Waals surface area contributed by atoms with Crippen molar-refractivity contribution in [2.24, 2.45) is 0 Å². The largest absolute Gasteiger partial charge is 0.390 e. The van der Waals surface area contributed by atoms with Crippen LogP contribution in [0.25, 0.3) is 0 Å². The topological polar surface area (TPSA) is 39.2 Å². The molecule has 6 unspecified atom stereocenters. The lowest BCUT2D eigenvalue weighted by Crippen LogP contribution is -2.83. The second kappa shape index (κ2) is 6.80. The van der Waals surface area contributed by atoms with E-state index in [1.165, 1.54) is 0 Å². The van der Waals surface area contributed by atoms with E-state index in [2.05, 4.69) is 56.2 Å². The Bertz CT molecular complexity index is 438. The molecule has 0 spiro atoms. The number of alkyl halides is 1. The zero-order valence-corrected chi connectivity index (χ0v) is 15.9. The van der Waals surface area contributed by atoms with Crippen LogP contribution in [-0.2, 0) is 4.74 Å². The molecule has 1 N–H and O–H groups in total. The Kier molecular flexibility index (Phi) is 5.25. The normalized spacial score (nSPS) is 42.1. The highest BCUT2D eigenvalue weighted by molar-refractivity contribution is 5.17. The van der Waals surface area contributed by atoms with E-state index in [0.29, 0.717) is 32.0 Å². The first kappa shape index (κ1) is 18.5. The molecule has 3 aliphatic heterocycles. The van der Waals surface area contributed by atoms with Gasteiger partial charge in [0.25, 0.3) is 0 Å². The van der Waals surface area contributed by atoms with E-state index in [0.717, 1.165) is 0 Å². The molecule has 0 saturated carbocycles. The molecule has 3 rings (SSSR count). The summed E-state index contributed by atoms with van der Waals surface area (Å²) in [7, 11) is 0. The summed E-state index contributed by atoms with van der Waals surface area (Å²) in [6, 6.07) is 0.877. The Morgan fingerprint density at radius 1 is 0.917 bits per heavy atom. The third-order valence-corrected chi connectivity index (χ3v) is 6.15. The molecular formula is C18H34FN3O2. The molecule has 5 nitrogen and oxygen atoms in total. The Hall–Kier alpha value is -0.270. The number of likely N-dealkylation sites (tertiary alicyclic amines) is 2. The van der Waals surface area contributed by atoms with Crippen LogP contribution in [0.1, 0.15) is 41.5 Å². The maximum atomic E-state index is 14.4. The molecule has 6 heteroatoms. The van der Waals surface area contributed by atoms with Gasteiger partial charge in [0.2, 0.25) is 0 Å². The highest BCUT2D eigenvalue weighted by atomic mass is 19.1. The van der Waals surface area contributed by atoms with Gasteiger partial charge >= 0.3 is 0 Å². The van der Waals surface area contributed by atoms with Gasteiger partial charge in [0.1, 0.15) is 6.17 Å². The summed E-state index contributed by atoms with van der Waals surface area (Å²) in [6.07, 6.45) is -1.33. The van der Waals surface area contributed by atoms with E-state index in [4.69, 9.17) is 4.74 Å². The van der Waals surface area contributed by atoms with Crippen molar-refractivity contribution in [2.45, 2.75) is 96.1 Å². The molecule has 0 aliphatic carbocycles. The Balaban J connectivity index is 1.79. The zero-order valence-electron chi connectivity index (χ0n) is 15.9. The quantitative estimate of drug-likeness (QED) is 0.815. The first-order chi connectivity index (χ1) is 11.3. The SMILES string of the molecule is CC(C)N1COCC1C1C(O)C(C2C(F)CN2C(C)C)N1C(C)C. The van der Waals surface area contributed by atoms with E-state index in [1.807, 2.05) is 0 Å². The van der Waals surface area contributed by atoms with E-state index < -0.39 is 12.3 Å². The molecule has 24 heavy (non-hydrogen) atoms. The third-order valence-electron chi connectivity index (χ3n) is 6.15. The fourth-order valence-corrected chi connectivity index (χ4v) is 4.91. The van der Waals surface area contributed by atoms with Crippen molar-refractivity contribution in [2.75, 3.05) is 19.9 Å². The standard InChI is InChI=1S/C18H34FN3O2/c1-10(2)20-7-13(19)15(20)17-18(23)16(22(17)12(5)6)14-8-24-9-21(14)11(3)4/h10-18,23H,7-9H2,1-6H3. The lowest BCUT2D eigenvalue weighted by Gasteiger charge is -2.64. The first-order valence-electron chi connectivity index (χ1n) is 9.44. The monoisotopic (exact) mass is 343 g/mol. The summed E-state index contributed by atoms with van der Waals surface area (Å²) in [5.41, 5.74) is 0. The smallest absolute Gasteiger partial charge is 0.130 e. The predicted octanol–water partition coefficient (Wildman–Crippen LogP) is 1.31. The molecule has 0 amide bonds. The molecule has 0 aromatic heterocycles. The van der Waals surface area contributed by atoms with Crippen LogP contribution in [0.3, 0.4) is 0 Å². The van der Waals surface area contributed by atoms with Gasteiger partial charge in [-0.2, -0.15) is 0 Å². The summed E-state index contributed by atoms with van der Waals surface area (Å²) in [4.78, 5) is 6.84. The molecule has 0 bridgehead atoms. The van der Waals surface area contributed by atoms with Crippen molar-refractivity contribution in [1.29, 1.82) is 0 Å². The molecular weight excluding hydrogens is 309 g/mol. The van der Waals surface area contributed by atoms with Gasteiger partial charge in [-0.15, -0.1) is 0 Å². The van der Waals surface area contributed by atoms with Crippen LogP contribution in [0.15, 0.2) is 0 Å². The van der Waals surface area contributed by atoms with Gasteiger partial charge in [0.15, 0.2) is 0 Å². The Labute approximate surface area is 145 Å². The number of hydrogen-bond acceptors (Lipinski definition) is 5. The molecule has 0 radical (unpaired) electrons. The first-order valence-corrected chi connectivity index (χ1v) is 9.44. The maximum absolute atomic E-state index is 14.4. The molecule has 6 atom stereocenters. The molecule has 3 saturated heterocycles. The van der Waals surface area contributed by atoms with Crippen molar-refractivity contribution in [3.05, 3.63) is 0 Å². The number of halogens is 1. The minimum Gasteiger partial charge on any atom is -0.390 e. The molecule has 3 aliphatic rings. The fraction of sp³-hybridized carbons (Fsp3) is 1.00. The third kappa shape index (κ3) is 2.80. The van der Waals surface area contributed by atoms with E-state index in [9.17, 15) is 9.50 Å². The summed E-state index contributed by atoms with van der Waals surface area (Å²) in [6.45, 7) is 14.6. The Morgan fingerprint density at radius 2 is 1.54 bits per heavy atom. The summed E-state index contributed by atoms with van der Waals surface area (Å²) in [5.74, 6) is 0. The number of aliphatic hydroxyl groups is 1. The van der Waals surface area contributed by atoms with Crippen molar-refractivity contribution >= 4 is 0 Å². The van der Waals surface area contributed by atoms with Crippen LogP contribution in [0.5, 0.6) is 0 Å². The van der Waals surface area contributed by atoms with Gasteiger partial charge in [-0.25, -0.2) is 4.39 Å². The molecule has 3 fully saturated rings. The lowest BCUT2D eigenvalue weighted by molar-refractivity contribution is -0.213. The van der Waals surface area contributed by atoms with Crippen molar-refractivity contribution in [1.82, 2.24) is 14.7 Å². The summed E-state index contributed by atoms with van der Waals surface area (Å²) >= 11 is 0. The summed E-state index contributed by atoms with van der Waals surface area (Å²) in [5, 5.41) is 11.0. The minimum absolute atomic E-state index is 0.0294. The second-order valence-electron chi connectivity index (χ2n) is 8.49. The molecule has 140 valence electrons. The fourth-order valence-electron chi connectivity index (χ4n) is 4.91. The van der Waals surface area contributed by atoms with E-state index in [1.54, 1.807) is 0 Å². The lowest BCUT2D eigenvalue weighted by atomic mass is 9.74. The minimum atomic E-state index is -0.838. The van der Waals surface area contributed by atoms with Gasteiger partial charge in [-0.05, 0) is 41.5 Å². The van der Waals surface area contributed by atoms with Gasteiger partial charge < -0.3 is 9.84 Å². The van der Waals surface area contributed by atoms with Crippen LogP contribution in [0, 0.1) is 0 Å². The van der Waals surface area contributed by atoms with Gasteiger partial charge in [0, 0.05) is 24.7 Å². The average molecular weight is 343 g/mol. The number of rotatable bonds is 5. The highest BCUT2D eigenvalue weighted by Gasteiger charge is 2.61. The molecule has 0 aromatic rings. The number of ether oxygens (including phenoxy) is 1. The van der Waals surface area contributed by atoms with Gasteiger partial charge in [0.05, 0.1) is 43.6 Å². The van der Waals surface area contributed by atoms with Crippen molar-refractivity contribution < 1.29 is 14.2 Å². The second-order valence-corrected chi connectivity index (χ2v) is 8.49. The number of aliphatic hydroxyl groups excluding tert-OH is 1. The van der Waals surface area contributed by atoms with Crippen LogP contribution < -0.4 is 0 Å². The van der Waals surface area contributed by atoms with Crippen molar-refractivity contribution in [3.63, 3.8) is 0 Å². The van der Waals surface area contributed by atoms with Crippen LogP contribution in [-0.4, -0.2) is 94.3 Å². The molecule has 3 heterocycles.